The van der Waals surface area contributed by atoms with E-state index in [0.717, 1.165) is 17.4 Å². The molecule has 162 valence electrons. The zero-order valence-electron chi connectivity index (χ0n) is 17.9. The minimum absolute atomic E-state index is 0.0460. The van der Waals surface area contributed by atoms with Crippen molar-refractivity contribution >= 4 is 11.9 Å². The summed E-state index contributed by atoms with van der Waals surface area (Å²) < 4.78 is 18.0. The number of carbonyl (C=O) groups is 1. The number of amides is 1. The number of anilines is 1. The van der Waals surface area contributed by atoms with Gasteiger partial charge >= 0.3 is 0 Å². The number of imidazole rings is 1. The number of aromatic nitrogens is 2. The van der Waals surface area contributed by atoms with Crippen LogP contribution >= 0.6 is 0 Å². The van der Waals surface area contributed by atoms with E-state index in [9.17, 15) is 4.79 Å². The van der Waals surface area contributed by atoms with Gasteiger partial charge in [-0.3, -0.25) is 9.36 Å². The summed E-state index contributed by atoms with van der Waals surface area (Å²) in [6.45, 7) is 2.56. The molecule has 0 bridgehead atoms. The Bertz CT molecular complexity index is 1060. The molecule has 31 heavy (non-hydrogen) atoms. The highest BCUT2D eigenvalue weighted by Crippen LogP contribution is 2.27. The highest BCUT2D eigenvalue weighted by molar-refractivity contribution is 5.97. The maximum atomic E-state index is 13.1. The Kier molecular flexibility index (Phi) is 5.97. The lowest BCUT2D eigenvalue weighted by atomic mass is 10.1. The Labute approximate surface area is 181 Å². The van der Waals surface area contributed by atoms with E-state index >= 15 is 0 Å². The van der Waals surface area contributed by atoms with Crippen molar-refractivity contribution < 1.29 is 19.0 Å². The van der Waals surface area contributed by atoms with Gasteiger partial charge in [0.05, 0.1) is 32.6 Å². The molecule has 3 aromatic rings. The Hall–Kier alpha value is -3.68. The normalized spacial score (nSPS) is 13.8. The molecule has 0 atom stereocenters. The molecule has 0 aliphatic carbocycles. The fourth-order valence-corrected chi connectivity index (χ4v) is 3.75. The van der Waals surface area contributed by atoms with Crippen LogP contribution in [-0.2, 0) is 0 Å². The van der Waals surface area contributed by atoms with Crippen molar-refractivity contribution in [1.82, 2.24) is 14.5 Å². The molecule has 1 saturated heterocycles. The van der Waals surface area contributed by atoms with Gasteiger partial charge in [0.25, 0.3) is 5.91 Å². The molecule has 0 spiro atoms. The van der Waals surface area contributed by atoms with Crippen LogP contribution in [0.15, 0.2) is 54.9 Å². The summed E-state index contributed by atoms with van der Waals surface area (Å²) in [5.41, 5.74) is 1.52. The lowest BCUT2D eigenvalue weighted by Gasteiger charge is -2.35. The smallest absolute Gasteiger partial charge is 0.257 e. The quantitative estimate of drug-likeness (QED) is 0.609. The van der Waals surface area contributed by atoms with Gasteiger partial charge in [-0.05, 0) is 24.3 Å². The fourth-order valence-electron chi connectivity index (χ4n) is 3.75. The van der Waals surface area contributed by atoms with Crippen molar-refractivity contribution in [3.8, 4) is 22.9 Å². The maximum Gasteiger partial charge on any atom is 0.257 e. The predicted octanol–water partition coefficient (Wildman–Crippen LogP) is 2.86. The van der Waals surface area contributed by atoms with Gasteiger partial charge in [-0.1, -0.05) is 6.07 Å². The van der Waals surface area contributed by atoms with Gasteiger partial charge in [0.1, 0.15) is 17.2 Å². The van der Waals surface area contributed by atoms with E-state index in [0.29, 0.717) is 43.2 Å². The lowest BCUT2D eigenvalue weighted by Crippen LogP contribution is -2.49. The van der Waals surface area contributed by atoms with Gasteiger partial charge < -0.3 is 24.0 Å². The summed E-state index contributed by atoms with van der Waals surface area (Å²) in [6, 6.07) is 13.1. The van der Waals surface area contributed by atoms with E-state index in [2.05, 4.69) is 9.88 Å². The van der Waals surface area contributed by atoms with Gasteiger partial charge in [0.15, 0.2) is 0 Å². The van der Waals surface area contributed by atoms with Crippen LogP contribution in [0.4, 0.5) is 5.95 Å². The standard InChI is InChI=1S/C23H26N4O4/c1-29-18-6-4-5-17(15-18)27-10-9-24-23(27)26-13-11-25(12-14-26)22(28)20-8-7-19(30-2)16-21(20)31-3/h4-10,15-16H,11-14H2,1-3H3. The average Bonchev–Trinajstić information content (AvgIpc) is 3.33. The molecule has 1 aliphatic heterocycles. The Morgan fingerprint density at radius 2 is 1.65 bits per heavy atom. The van der Waals surface area contributed by atoms with Crippen LogP contribution in [-0.4, -0.2) is 67.9 Å². The van der Waals surface area contributed by atoms with E-state index in [1.165, 1.54) is 0 Å². The number of hydrogen-bond donors (Lipinski definition) is 0. The molecule has 1 aromatic heterocycles. The first-order valence-corrected chi connectivity index (χ1v) is 10.1. The first kappa shape index (κ1) is 20.6. The van der Waals surface area contributed by atoms with Crippen LogP contribution in [0.2, 0.25) is 0 Å². The summed E-state index contributed by atoms with van der Waals surface area (Å²) in [7, 11) is 4.80. The second-order valence-corrected chi connectivity index (χ2v) is 7.14. The highest BCUT2D eigenvalue weighted by atomic mass is 16.5. The van der Waals surface area contributed by atoms with E-state index in [1.807, 2.05) is 39.9 Å². The number of benzene rings is 2. The summed E-state index contributed by atoms with van der Waals surface area (Å²) in [4.78, 5) is 21.7. The minimum atomic E-state index is -0.0460. The minimum Gasteiger partial charge on any atom is -0.497 e. The topological polar surface area (TPSA) is 69.1 Å². The summed E-state index contributed by atoms with van der Waals surface area (Å²) in [6.07, 6.45) is 3.72. The number of rotatable bonds is 6. The van der Waals surface area contributed by atoms with Crippen LogP contribution < -0.4 is 19.1 Å². The molecule has 8 heteroatoms. The van der Waals surface area contributed by atoms with Crippen LogP contribution in [0, 0.1) is 0 Å². The highest BCUT2D eigenvalue weighted by Gasteiger charge is 2.26. The van der Waals surface area contributed by atoms with E-state index in [-0.39, 0.29) is 5.91 Å². The largest absolute Gasteiger partial charge is 0.497 e. The van der Waals surface area contributed by atoms with Crippen molar-refractivity contribution in [2.75, 3.05) is 52.4 Å². The molecule has 2 heterocycles. The van der Waals surface area contributed by atoms with Gasteiger partial charge in [0.2, 0.25) is 5.95 Å². The van der Waals surface area contributed by atoms with Crippen molar-refractivity contribution in [1.29, 1.82) is 0 Å². The molecule has 0 saturated carbocycles. The third kappa shape index (κ3) is 4.14. The zero-order valence-corrected chi connectivity index (χ0v) is 17.9. The van der Waals surface area contributed by atoms with Gasteiger partial charge in [0, 0.05) is 50.7 Å². The van der Waals surface area contributed by atoms with Crippen molar-refractivity contribution in [3.05, 3.63) is 60.4 Å². The number of methoxy groups -OCH3 is 3. The number of piperazine rings is 1. The molecule has 0 radical (unpaired) electrons. The molecule has 8 nitrogen and oxygen atoms in total. The number of ether oxygens (including phenoxy) is 3. The third-order valence-corrected chi connectivity index (χ3v) is 5.44. The van der Waals surface area contributed by atoms with E-state index in [4.69, 9.17) is 14.2 Å². The zero-order chi connectivity index (χ0) is 21.8. The van der Waals surface area contributed by atoms with Gasteiger partial charge in [-0.25, -0.2) is 4.98 Å². The lowest BCUT2D eigenvalue weighted by molar-refractivity contribution is 0.0742. The molecular weight excluding hydrogens is 396 g/mol. The molecule has 1 amide bonds. The van der Waals surface area contributed by atoms with Crippen molar-refractivity contribution in [2.45, 2.75) is 0 Å². The number of nitrogens with zero attached hydrogens (tertiary/aromatic N) is 4. The average molecular weight is 422 g/mol. The Morgan fingerprint density at radius 1 is 0.903 bits per heavy atom. The monoisotopic (exact) mass is 422 g/mol. The maximum absolute atomic E-state index is 13.1. The van der Waals surface area contributed by atoms with Crippen LogP contribution in [0.1, 0.15) is 10.4 Å². The van der Waals surface area contributed by atoms with Crippen molar-refractivity contribution in [2.24, 2.45) is 0 Å². The first-order chi connectivity index (χ1) is 15.1. The third-order valence-electron chi connectivity index (χ3n) is 5.44. The molecule has 0 unspecified atom stereocenters. The second-order valence-electron chi connectivity index (χ2n) is 7.14. The molecule has 0 N–H and O–H groups in total. The van der Waals surface area contributed by atoms with Crippen LogP contribution in [0.25, 0.3) is 5.69 Å². The Morgan fingerprint density at radius 3 is 2.35 bits per heavy atom. The molecule has 4 rings (SSSR count). The second kappa shape index (κ2) is 8.99. The molecule has 2 aromatic carbocycles. The summed E-state index contributed by atoms with van der Waals surface area (Å²) >= 11 is 0. The molecule has 1 aliphatic rings. The van der Waals surface area contributed by atoms with Gasteiger partial charge in [-0.15, -0.1) is 0 Å². The SMILES string of the molecule is COc1cccc(-n2ccnc2N2CCN(C(=O)c3ccc(OC)cc3OC)CC2)c1. The number of carbonyl (C=O) groups excluding carboxylic acids is 1. The fraction of sp³-hybridized carbons (Fsp3) is 0.304. The summed E-state index contributed by atoms with van der Waals surface area (Å²) in [5, 5.41) is 0. The molecule has 1 fully saturated rings. The number of hydrogen-bond acceptors (Lipinski definition) is 6. The Balaban J connectivity index is 1.48. The van der Waals surface area contributed by atoms with E-state index < -0.39 is 0 Å². The first-order valence-electron chi connectivity index (χ1n) is 10.1. The predicted molar refractivity (Wildman–Crippen MR) is 118 cm³/mol. The molecular formula is C23H26N4O4. The van der Waals surface area contributed by atoms with Crippen molar-refractivity contribution in [3.63, 3.8) is 0 Å². The summed E-state index contributed by atoms with van der Waals surface area (Å²) in [5.74, 6) is 2.77. The van der Waals surface area contributed by atoms with E-state index in [1.54, 1.807) is 45.7 Å². The van der Waals surface area contributed by atoms with Gasteiger partial charge in [-0.2, -0.15) is 0 Å². The van der Waals surface area contributed by atoms with Crippen LogP contribution in [0.5, 0.6) is 17.2 Å². The van der Waals surface area contributed by atoms with Crippen LogP contribution in [0.3, 0.4) is 0 Å².